The van der Waals surface area contributed by atoms with E-state index in [4.69, 9.17) is 11.6 Å². The molecule has 0 spiro atoms. The van der Waals surface area contributed by atoms with Crippen molar-refractivity contribution in [2.24, 2.45) is 0 Å². The van der Waals surface area contributed by atoms with Gasteiger partial charge in [0.05, 0.1) is 11.3 Å². The third-order valence-corrected chi connectivity index (χ3v) is 5.37. The molecule has 2 aromatic carbocycles. The first-order valence-electron chi connectivity index (χ1n) is 8.80. The molecule has 1 fully saturated rings. The van der Waals surface area contributed by atoms with Gasteiger partial charge in [0.2, 0.25) is 11.6 Å². The normalized spacial score (nSPS) is 21.1. The lowest BCUT2D eigenvalue weighted by Crippen LogP contribution is -2.69. The van der Waals surface area contributed by atoms with Gasteiger partial charge in [0.25, 0.3) is 11.8 Å². The summed E-state index contributed by atoms with van der Waals surface area (Å²) in [6.07, 6.45) is 0.438. The summed E-state index contributed by atoms with van der Waals surface area (Å²) in [7, 11) is 0. The van der Waals surface area contributed by atoms with Crippen LogP contribution in [0.5, 0.6) is 0 Å². The fourth-order valence-electron chi connectivity index (χ4n) is 4.00. The Kier molecular flexibility index (Phi) is 4.15. The van der Waals surface area contributed by atoms with Crippen LogP contribution in [-0.2, 0) is 9.59 Å². The standard InChI is InChI=1S/C20H18ClN3O3/c1-2-23-18(26)15-8-3-4-9-16(15)24-17(25)10-11-20(23,24)19(27)22-14-7-5-6-13(21)12-14/h3-9,12H,2,10-11H2,1H3,(H,22,27). The van der Waals surface area contributed by atoms with E-state index in [9.17, 15) is 14.4 Å². The zero-order valence-electron chi connectivity index (χ0n) is 14.7. The van der Waals surface area contributed by atoms with Crippen molar-refractivity contribution in [2.75, 3.05) is 16.8 Å². The number of hydrogen-bond acceptors (Lipinski definition) is 3. The van der Waals surface area contributed by atoms with Crippen molar-refractivity contribution >= 4 is 40.7 Å². The van der Waals surface area contributed by atoms with Gasteiger partial charge in [-0.05, 0) is 37.3 Å². The average molecular weight is 384 g/mol. The van der Waals surface area contributed by atoms with E-state index >= 15 is 0 Å². The lowest BCUT2D eigenvalue weighted by Gasteiger charge is -2.48. The zero-order valence-corrected chi connectivity index (χ0v) is 15.5. The maximum atomic E-state index is 13.4. The highest BCUT2D eigenvalue weighted by Crippen LogP contribution is 2.44. The Balaban J connectivity index is 1.84. The number of amides is 3. The number of benzene rings is 2. The van der Waals surface area contributed by atoms with Gasteiger partial charge < -0.3 is 10.2 Å². The van der Waals surface area contributed by atoms with Crippen LogP contribution in [0.1, 0.15) is 30.1 Å². The molecule has 2 aliphatic rings. The number of carbonyl (C=O) groups excluding carboxylic acids is 3. The summed E-state index contributed by atoms with van der Waals surface area (Å²) < 4.78 is 0. The van der Waals surface area contributed by atoms with Crippen molar-refractivity contribution < 1.29 is 14.4 Å². The van der Waals surface area contributed by atoms with Crippen LogP contribution in [0, 0.1) is 0 Å². The summed E-state index contributed by atoms with van der Waals surface area (Å²) in [4.78, 5) is 42.2. The number of carbonyl (C=O) groups is 3. The molecule has 0 aliphatic carbocycles. The van der Waals surface area contributed by atoms with E-state index in [0.29, 0.717) is 28.5 Å². The van der Waals surface area contributed by atoms with Gasteiger partial charge >= 0.3 is 0 Å². The van der Waals surface area contributed by atoms with Gasteiger partial charge in [0.1, 0.15) is 0 Å². The number of para-hydroxylation sites is 1. The Morgan fingerprint density at radius 2 is 1.96 bits per heavy atom. The highest BCUT2D eigenvalue weighted by atomic mass is 35.5. The first-order valence-corrected chi connectivity index (χ1v) is 9.18. The molecule has 0 radical (unpaired) electrons. The molecule has 1 unspecified atom stereocenters. The molecule has 3 amide bonds. The Bertz CT molecular complexity index is 961. The topological polar surface area (TPSA) is 69.7 Å². The van der Waals surface area contributed by atoms with E-state index in [1.54, 1.807) is 55.5 Å². The minimum atomic E-state index is -1.38. The molecule has 0 aromatic heterocycles. The second-order valence-electron chi connectivity index (χ2n) is 6.58. The predicted octanol–water partition coefficient (Wildman–Crippen LogP) is 3.28. The number of anilines is 2. The van der Waals surface area contributed by atoms with Crippen molar-refractivity contribution in [2.45, 2.75) is 25.4 Å². The van der Waals surface area contributed by atoms with Gasteiger partial charge in [0.15, 0.2) is 0 Å². The van der Waals surface area contributed by atoms with Crippen molar-refractivity contribution in [3.05, 3.63) is 59.1 Å². The van der Waals surface area contributed by atoms with Crippen LogP contribution in [0.25, 0.3) is 0 Å². The van der Waals surface area contributed by atoms with E-state index < -0.39 is 11.6 Å². The lowest BCUT2D eigenvalue weighted by atomic mass is 9.95. The summed E-state index contributed by atoms with van der Waals surface area (Å²) in [5.41, 5.74) is 0.0554. The molecule has 27 heavy (non-hydrogen) atoms. The van der Waals surface area contributed by atoms with E-state index in [-0.39, 0.29) is 24.7 Å². The number of halogens is 1. The highest BCUT2D eigenvalue weighted by molar-refractivity contribution is 6.31. The molecule has 1 saturated heterocycles. The van der Waals surface area contributed by atoms with Crippen LogP contribution in [0.2, 0.25) is 5.02 Å². The van der Waals surface area contributed by atoms with Gasteiger partial charge in [-0.25, -0.2) is 0 Å². The van der Waals surface area contributed by atoms with Gasteiger partial charge in [0, 0.05) is 30.1 Å². The van der Waals surface area contributed by atoms with Gasteiger partial charge in [-0.15, -0.1) is 0 Å². The smallest absolute Gasteiger partial charge is 0.271 e. The van der Waals surface area contributed by atoms with Gasteiger partial charge in [-0.1, -0.05) is 29.8 Å². The minimum Gasteiger partial charge on any atom is -0.322 e. The van der Waals surface area contributed by atoms with E-state index in [0.717, 1.165) is 0 Å². The fraction of sp³-hybridized carbons (Fsp3) is 0.250. The Morgan fingerprint density at radius 3 is 2.70 bits per heavy atom. The summed E-state index contributed by atoms with van der Waals surface area (Å²) in [5, 5.41) is 3.33. The van der Waals surface area contributed by atoms with E-state index in [1.807, 2.05) is 0 Å². The zero-order chi connectivity index (χ0) is 19.2. The molecular weight excluding hydrogens is 366 g/mol. The summed E-state index contributed by atoms with van der Waals surface area (Å²) in [6.45, 7) is 2.11. The van der Waals surface area contributed by atoms with Gasteiger partial charge in [-0.2, -0.15) is 0 Å². The number of likely N-dealkylation sites (N-methyl/N-ethyl adjacent to an activating group) is 1. The minimum absolute atomic E-state index is 0.172. The monoisotopic (exact) mass is 383 g/mol. The summed E-state index contributed by atoms with van der Waals surface area (Å²) >= 11 is 6.01. The molecule has 0 saturated carbocycles. The van der Waals surface area contributed by atoms with Crippen molar-refractivity contribution in [3.8, 4) is 0 Å². The van der Waals surface area contributed by atoms with E-state index in [1.165, 1.54) is 9.80 Å². The van der Waals surface area contributed by atoms with Crippen LogP contribution in [-0.4, -0.2) is 34.8 Å². The van der Waals surface area contributed by atoms with E-state index in [2.05, 4.69) is 5.32 Å². The average Bonchev–Trinajstić information content (AvgIpc) is 3.01. The molecule has 4 rings (SSSR count). The molecular formula is C20H18ClN3O3. The fourth-order valence-corrected chi connectivity index (χ4v) is 4.19. The first-order chi connectivity index (χ1) is 13.0. The van der Waals surface area contributed by atoms with Crippen molar-refractivity contribution in [1.82, 2.24) is 4.90 Å². The second-order valence-corrected chi connectivity index (χ2v) is 7.01. The molecule has 2 aromatic rings. The van der Waals surface area contributed by atoms with Crippen molar-refractivity contribution in [1.29, 1.82) is 0 Å². The molecule has 7 heteroatoms. The largest absolute Gasteiger partial charge is 0.322 e. The quantitative estimate of drug-likeness (QED) is 0.884. The molecule has 1 atom stereocenters. The number of nitrogens with one attached hydrogen (secondary N) is 1. The van der Waals surface area contributed by atoms with Crippen LogP contribution >= 0.6 is 11.6 Å². The molecule has 0 bridgehead atoms. The maximum Gasteiger partial charge on any atom is 0.271 e. The molecule has 2 aliphatic heterocycles. The van der Waals surface area contributed by atoms with Crippen LogP contribution in [0.3, 0.4) is 0 Å². The molecule has 6 nitrogen and oxygen atoms in total. The lowest BCUT2D eigenvalue weighted by molar-refractivity contribution is -0.128. The third-order valence-electron chi connectivity index (χ3n) is 5.14. The highest BCUT2D eigenvalue weighted by Gasteiger charge is 2.60. The third kappa shape index (κ3) is 2.51. The Hall–Kier alpha value is -2.86. The number of rotatable bonds is 3. The molecule has 138 valence electrons. The summed E-state index contributed by atoms with van der Waals surface area (Å²) in [6, 6.07) is 13.7. The summed E-state index contributed by atoms with van der Waals surface area (Å²) in [5.74, 6) is -0.838. The molecule has 2 heterocycles. The second kappa shape index (κ2) is 6.39. The van der Waals surface area contributed by atoms with Crippen LogP contribution < -0.4 is 10.2 Å². The Labute approximate surface area is 161 Å². The number of nitrogens with zero attached hydrogens (tertiary/aromatic N) is 2. The maximum absolute atomic E-state index is 13.4. The number of hydrogen-bond donors (Lipinski definition) is 1. The van der Waals surface area contributed by atoms with Gasteiger partial charge in [-0.3, -0.25) is 19.3 Å². The van der Waals surface area contributed by atoms with Crippen LogP contribution in [0.4, 0.5) is 11.4 Å². The SMILES string of the molecule is CCN1C(=O)c2ccccc2N2C(=O)CCC12C(=O)Nc1cccc(Cl)c1. The molecule has 1 N–H and O–H groups in total. The van der Waals surface area contributed by atoms with Crippen molar-refractivity contribution in [3.63, 3.8) is 0 Å². The predicted molar refractivity (Wildman–Crippen MR) is 103 cm³/mol. The Morgan fingerprint density at radius 1 is 1.19 bits per heavy atom. The number of fused-ring (bicyclic) bond motifs is 3. The first kappa shape index (κ1) is 17.5. The van der Waals surface area contributed by atoms with Crippen LogP contribution in [0.15, 0.2) is 48.5 Å².